The van der Waals surface area contributed by atoms with Gasteiger partial charge in [-0.2, -0.15) is 0 Å². The zero-order chi connectivity index (χ0) is 14.5. The number of carbonyl (C=O) groups is 1. The Kier molecular flexibility index (Phi) is 4.62. The van der Waals surface area contributed by atoms with Crippen LogP contribution in [-0.4, -0.2) is 42.0 Å². The maximum Gasteiger partial charge on any atom is 0.228 e. The molecule has 0 saturated carbocycles. The van der Waals surface area contributed by atoms with Gasteiger partial charge in [-0.25, -0.2) is 4.98 Å². The maximum absolute atomic E-state index is 12.2. The van der Waals surface area contributed by atoms with E-state index in [1.807, 2.05) is 28.5 Å². The summed E-state index contributed by atoms with van der Waals surface area (Å²) in [6, 6.07) is 10.3. The summed E-state index contributed by atoms with van der Waals surface area (Å²) in [5, 5.41) is 6.34. The molecule has 2 heterocycles. The average molecular weight is 301 g/mol. The molecule has 4 nitrogen and oxygen atoms in total. The highest BCUT2D eigenvalue weighted by molar-refractivity contribution is 7.09. The molecular formula is C16H19N3OS. The lowest BCUT2D eigenvalue weighted by Gasteiger charge is -2.27. The number of benzene rings is 1. The topological polar surface area (TPSA) is 45.2 Å². The predicted molar refractivity (Wildman–Crippen MR) is 84.5 cm³/mol. The van der Waals surface area contributed by atoms with Gasteiger partial charge < -0.3 is 10.2 Å². The molecule has 1 aromatic carbocycles. The molecule has 1 aliphatic rings. The summed E-state index contributed by atoms with van der Waals surface area (Å²) in [6.45, 7) is 3.39. The van der Waals surface area contributed by atoms with E-state index in [0.29, 0.717) is 6.42 Å². The van der Waals surface area contributed by atoms with E-state index in [9.17, 15) is 4.79 Å². The second-order valence-electron chi connectivity index (χ2n) is 5.20. The fourth-order valence-electron chi connectivity index (χ4n) is 2.46. The van der Waals surface area contributed by atoms with E-state index < -0.39 is 0 Å². The number of carbonyl (C=O) groups excluding carboxylic acids is 1. The highest BCUT2D eigenvalue weighted by atomic mass is 32.1. The van der Waals surface area contributed by atoms with E-state index in [1.165, 1.54) is 5.56 Å². The molecule has 3 rings (SSSR count). The van der Waals surface area contributed by atoms with Crippen molar-refractivity contribution in [2.24, 2.45) is 0 Å². The lowest BCUT2D eigenvalue weighted by atomic mass is 10.2. The Labute approximate surface area is 128 Å². The highest BCUT2D eigenvalue weighted by Crippen LogP contribution is 2.15. The number of hydrogen-bond acceptors (Lipinski definition) is 4. The molecule has 0 atom stereocenters. The summed E-state index contributed by atoms with van der Waals surface area (Å²) in [7, 11) is 0. The molecule has 1 aromatic heterocycles. The summed E-state index contributed by atoms with van der Waals surface area (Å²) in [5.74, 6) is 0.188. The Hall–Kier alpha value is -1.72. The molecule has 2 aromatic rings. The Balaban J connectivity index is 1.58. The van der Waals surface area contributed by atoms with Crippen molar-refractivity contribution in [2.75, 3.05) is 26.2 Å². The van der Waals surface area contributed by atoms with Crippen LogP contribution < -0.4 is 5.32 Å². The third-order valence-corrected chi connectivity index (χ3v) is 4.50. The van der Waals surface area contributed by atoms with Gasteiger partial charge in [0.1, 0.15) is 0 Å². The summed E-state index contributed by atoms with van der Waals surface area (Å²) >= 11 is 1.64. The van der Waals surface area contributed by atoms with Crippen LogP contribution in [0.5, 0.6) is 0 Å². The minimum atomic E-state index is 0.188. The van der Waals surface area contributed by atoms with Crippen molar-refractivity contribution in [3.63, 3.8) is 0 Å². The van der Waals surface area contributed by atoms with Crippen molar-refractivity contribution in [3.05, 3.63) is 52.0 Å². The van der Waals surface area contributed by atoms with Gasteiger partial charge >= 0.3 is 0 Å². The number of rotatable bonds is 4. The molecule has 0 bridgehead atoms. The van der Waals surface area contributed by atoms with Gasteiger partial charge in [0.15, 0.2) is 0 Å². The van der Waals surface area contributed by atoms with Crippen molar-refractivity contribution in [1.29, 1.82) is 0 Å². The van der Waals surface area contributed by atoms with Crippen molar-refractivity contribution in [2.45, 2.75) is 12.8 Å². The fraction of sp³-hybridized carbons (Fsp3) is 0.375. The molecule has 1 fully saturated rings. The molecule has 5 heteroatoms. The largest absolute Gasteiger partial charge is 0.340 e. The molecular weight excluding hydrogens is 282 g/mol. The van der Waals surface area contributed by atoms with Crippen molar-refractivity contribution >= 4 is 17.2 Å². The number of nitrogens with zero attached hydrogens (tertiary/aromatic N) is 2. The number of nitrogens with one attached hydrogen (secondary N) is 1. The van der Waals surface area contributed by atoms with E-state index in [1.54, 1.807) is 11.3 Å². The summed E-state index contributed by atoms with van der Waals surface area (Å²) in [6.07, 6.45) is 1.26. The molecule has 21 heavy (non-hydrogen) atoms. The molecule has 0 aliphatic carbocycles. The molecule has 1 N–H and O–H groups in total. The minimum absolute atomic E-state index is 0.188. The monoisotopic (exact) mass is 301 g/mol. The molecule has 1 saturated heterocycles. The van der Waals surface area contributed by atoms with Gasteiger partial charge in [-0.1, -0.05) is 30.3 Å². The van der Waals surface area contributed by atoms with Crippen LogP contribution >= 0.6 is 11.3 Å². The number of amides is 1. The van der Waals surface area contributed by atoms with Gasteiger partial charge in [0.05, 0.1) is 17.1 Å². The van der Waals surface area contributed by atoms with Gasteiger partial charge in [0.2, 0.25) is 5.91 Å². The van der Waals surface area contributed by atoms with Crippen LogP contribution in [-0.2, 0) is 17.6 Å². The van der Waals surface area contributed by atoms with Crippen LogP contribution in [0.3, 0.4) is 0 Å². The third-order valence-electron chi connectivity index (χ3n) is 3.60. The van der Waals surface area contributed by atoms with Crippen LogP contribution in [0.1, 0.15) is 16.3 Å². The van der Waals surface area contributed by atoms with Gasteiger partial charge in [-0.05, 0) is 5.56 Å². The normalized spacial score (nSPS) is 15.1. The van der Waals surface area contributed by atoms with E-state index in [2.05, 4.69) is 22.4 Å². The molecule has 1 aliphatic heterocycles. The standard InChI is InChI=1S/C16H19N3OS/c20-16(19-8-6-17-7-9-19)11-14-12-21-15(18-14)10-13-4-2-1-3-5-13/h1-5,12,17H,6-11H2. The number of hydrogen-bond donors (Lipinski definition) is 1. The van der Waals surface area contributed by atoms with Crippen molar-refractivity contribution in [3.8, 4) is 0 Å². The van der Waals surface area contributed by atoms with Crippen LogP contribution in [0.25, 0.3) is 0 Å². The van der Waals surface area contributed by atoms with Gasteiger partial charge in [0.25, 0.3) is 0 Å². The SMILES string of the molecule is O=C(Cc1csc(Cc2ccccc2)n1)N1CCNCC1. The molecule has 110 valence electrons. The summed E-state index contributed by atoms with van der Waals surface area (Å²) < 4.78 is 0. The molecule has 0 unspecified atom stereocenters. The second-order valence-corrected chi connectivity index (χ2v) is 6.15. The number of thiazole rings is 1. The first-order chi connectivity index (χ1) is 10.3. The van der Waals surface area contributed by atoms with E-state index in [-0.39, 0.29) is 5.91 Å². The van der Waals surface area contributed by atoms with E-state index >= 15 is 0 Å². The summed E-state index contributed by atoms with van der Waals surface area (Å²) in [5.41, 5.74) is 2.15. The maximum atomic E-state index is 12.2. The number of aromatic nitrogens is 1. The van der Waals surface area contributed by atoms with Gasteiger partial charge in [-0.15, -0.1) is 11.3 Å². The fourth-order valence-corrected chi connectivity index (χ4v) is 3.29. The van der Waals surface area contributed by atoms with Crippen molar-refractivity contribution < 1.29 is 4.79 Å². The van der Waals surface area contributed by atoms with Gasteiger partial charge in [-0.3, -0.25) is 4.79 Å². The quantitative estimate of drug-likeness (QED) is 0.935. The first-order valence-corrected chi connectivity index (χ1v) is 8.15. The Bertz CT molecular complexity index is 591. The van der Waals surface area contributed by atoms with Crippen LogP contribution in [0.15, 0.2) is 35.7 Å². The highest BCUT2D eigenvalue weighted by Gasteiger charge is 2.17. The van der Waals surface area contributed by atoms with E-state index in [0.717, 1.165) is 43.3 Å². The van der Waals surface area contributed by atoms with Crippen LogP contribution in [0.4, 0.5) is 0 Å². The Morgan fingerprint density at radius 2 is 2.00 bits per heavy atom. The van der Waals surface area contributed by atoms with Gasteiger partial charge in [0, 0.05) is 38.0 Å². The minimum Gasteiger partial charge on any atom is -0.340 e. The molecule has 0 radical (unpaired) electrons. The van der Waals surface area contributed by atoms with Crippen molar-refractivity contribution in [1.82, 2.24) is 15.2 Å². The zero-order valence-electron chi connectivity index (χ0n) is 11.9. The first-order valence-electron chi connectivity index (χ1n) is 7.27. The Morgan fingerprint density at radius 3 is 2.76 bits per heavy atom. The number of piperazine rings is 1. The van der Waals surface area contributed by atoms with E-state index in [4.69, 9.17) is 0 Å². The first kappa shape index (κ1) is 14.2. The van der Waals surface area contributed by atoms with Crippen LogP contribution in [0.2, 0.25) is 0 Å². The third kappa shape index (κ3) is 3.89. The average Bonchev–Trinajstić information content (AvgIpc) is 2.96. The lowest BCUT2D eigenvalue weighted by molar-refractivity contribution is -0.131. The molecule has 1 amide bonds. The molecule has 0 spiro atoms. The zero-order valence-corrected chi connectivity index (χ0v) is 12.7. The van der Waals surface area contributed by atoms with Crippen LogP contribution in [0, 0.1) is 0 Å². The Morgan fingerprint density at radius 1 is 1.24 bits per heavy atom. The lowest BCUT2D eigenvalue weighted by Crippen LogP contribution is -2.46. The summed E-state index contributed by atoms with van der Waals surface area (Å²) in [4.78, 5) is 18.7. The predicted octanol–water partition coefficient (Wildman–Crippen LogP) is 1.71. The smallest absolute Gasteiger partial charge is 0.228 e. The second kappa shape index (κ2) is 6.83.